The minimum absolute atomic E-state index is 0.336. The van der Waals surface area contributed by atoms with Crippen LogP contribution in [0, 0.1) is 0 Å². The number of nitrogens with one attached hydrogen (secondary N) is 1. The highest BCUT2D eigenvalue weighted by molar-refractivity contribution is 7.13. The molecule has 1 N–H and O–H groups in total. The van der Waals surface area contributed by atoms with E-state index in [1.54, 1.807) is 11.3 Å². The van der Waals surface area contributed by atoms with Crippen LogP contribution in [0.1, 0.15) is 31.1 Å². The lowest BCUT2D eigenvalue weighted by Crippen LogP contribution is -2.23. The molecule has 1 heterocycles. The topological polar surface area (TPSA) is 28.2 Å². The maximum Gasteiger partial charge on any atom is 0.185 e. The molecule has 1 unspecified atom stereocenters. The third-order valence-electron chi connectivity index (χ3n) is 3.41. The molecule has 20 heavy (non-hydrogen) atoms. The van der Waals surface area contributed by atoms with Crippen molar-refractivity contribution in [2.75, 3.05) is 25.0 Å². The minimum atomic E-state index is 0.336. The molecule has 2 rings (SSSR count). The molecular formula is C16H23N3S. The van der Waals surface area contributed by atoms with Crippen LogP contribution in [0.4, 0.5) is 5.13 Å². The van der Waals surface area contributed by atoms with Gasteiger partial charge >= 0.3 is 0 Å². The molecule has 2 aromatic rings. The Balaban J connectivity index is 2.10. The van der Waals surface area contributed by atoms with Crippen molar-refractivity contribution >= 4 is 16.5 Å². The lowest BCUT2D eigenvalue weighted by atomic mass is 10.0. The van der Waals surface area contributed by atoms with Crippen LogP contribution in [0.15, 0.2) is 35.7 Å². The Labute approximate surface area is 125 Å². The van der Waals surface area contributed by atoms with Crippen molar-refractivity contribution in [2.24, 2.45) is 0 Å². The van der Waals surface area contributed by atoms with Gasteiger partial charge < -0.3 is 10.2 Å². The average molecular weight is 289 g/mol. The molecule has 0 saturated heterocycles. The molecule has 1 atom stereocenters. The quantitative estimate of drug-likeness (QED) is 0.845. The smallest absolute Gasteiger partial charge is 0.185 e. The molecule has 1 aromatic heterocycles. The van der Waals surface area contributed by atoms with Gasteiger partial charge in [0.15, 0.2) is 5.13 Å². The average Bonchev–Trinajstić information content (AvgIpc) is 2.95. The second-order valence-corrected chi connectivity index (χ2v) is 5.70. The van der Waals surface area contributed by atoms with Crippen molar-refractivity contribution in [3.63, 3.8) is 0 Å². The number of thiazole rings is 1. The predicted octanol–water partition coefficient (Wildman–Crippen LogP) is 3.49. The summed E-state index contributed by atoms with van der Waals surface area (Å²) in [5, 5.41) is 6.83. The molecule has 108 valence electrons. The summed E-state index contributed by atoms with van der Waals surface area (Å²) in [6.07, 6.45) is 0.936. The van der Waals surface area contributed by atoms with Crippen LogP contribution in [0.2, 0.25) is 0 Å². The summed E-state index contributed by atoms with van der Waals surface area (Å²) in [4.78, 5) is 6.91. The lowest BCUT2D eigenvalue weighted by Gasteiger charge is -2.17. The molecule has 0 spiro atoms. The summed E-state index contributed by atoms with van der Waals surface area (Å²) in [5.41, 5.74) is 2.49. The van der Waals surface area contributed by atoms with Crippen LogP contribution in [-0.4, -0.2) is 25.1 Å². The van der Waals surface area contributed by atoms with Crippen molar-refractivity contribution in [1.29, 1.82) is 0 Å². The first kappa shape index (κ1) is 15.0. The first-order valence-corrected chi connectivity index (χ1v) is 8.06. The van der Waals surface area contributed by atoms with Gasteiger partial charge in [0.1, 0.15) is 0 Å². The third-order valence-corrected chi connectivity index (χ3v) is 4.41. The second-order valence-electron chi connectivity index (χ2n) is 4.86. The standard InChI is InChI=1S/C16H23N3S/c1-4-17-15(13-9-7-6-8-10-13)11-14-12-20-16(18-14)19(3)5-2/h6-10,12,15,17H,4-5,11H2,1-3H3. The summed E-state index contributed by atoms with van der Waals surface area (Å²) in [6, 6.07) is 10.9. The highest BCUT2D eigenvalue weighted by Crippen LogP contribution is 2.23. The Kier molecular flexibility index (Phi) is 5.56. The van der Waals surface area contributed by atoms with E-state index in [2.05, 4.69) is 66.8 Å². The molecule has 1 aromatic carbocycles. The molecule has 0 amide bonds. The zero-order valence-electron chi connectivity index (χ0n) is 12.5. The van der Waals surface area contributed by atoms with E-state index in [4.69, 9.17) is 4.98 Å². The van der Waals surface area contributed by atoms with Crippen LogP contribution in [0.25, 0.3) is 0 Å². The Hall–Kier alpha value is -1.39. The van der Waals surface area contributed by atoms with Crippen LogP contribution < -0.4 is 10.2 Å². The van der Waals surface area contributed by atoms with E-state index in [1.165, 1.54) is 11.3 Å². The SMILES string of the molecule is CCNC(Cc1csc(N(C)CC)n1)c1ccccc1. The molecule has 0 aliphatic rings. The highest BCUT2D eigenvalue weighted by Gasteiger charge is 2.13. The molecule has 0 bridgehead atoms. The molecule has 0 saturated carbocycles. The van der Waals surface area contributed by atoms with Gasteiger partial charge in [-0.25, -0.2) is 4.98 Å². The van der Waals surface area contributed by atoms with Gasteiger partial charge in [0.05, 0.1) is 5.69 Å². The van der Waals surface area contributed by atoms with E-state index in [0.717, 1.165) is 24.6 Å². The van der Waals surface area contributed by atoms with Gasteiger partial charge in [-0.15, -0.1) is 11.3 Å². The maximum absolute atomic E-state index is 4.73. The van der Waals surface area contributed by atoms with E-state index < -0.39 is 0 Å². The predicted molar refractivity (Wildman–Crippen MR) is 87.6 cm³/mol. The van der Waals surface area contributed by atoms with E-state index >= 15 is 0 Å². The number of hydrogen-bond acceptors (Lipinski definition) is 4. The normalized spacial score (nSPS) is 12.3. The zero-order valence-corrected chi connectivity index (χ0v) is 13.3. The molecule has 0 aliphatic heterocycles. The number of nitrogens with zero attached hydrogens (tertiary/aromatic N) is 2. The van der Waals surface area contributed by atoms with Gasteiger partial charge in [0.2, 0.25) is 0 Å². The Morgan fingerprint density at radius 3 is 2.65 bits per heavy atom. The number of hydrogen-bond donors (Lipinski definition) is 1. The van der Waals surface area contributed by atoms with Gasteiger partial charge in [-0.2, -0.15) is 0 Å². The molecule has 4 heteroatoms. The second kappa shape index (κ2) is 7.41. The summed E-state index contributed by atoms with van der Waals surface area (Å²) >= 11 is 1.72. The zero-order chi connectivity index (χ0) is 14.4. The van der Waals surface area contributed by atoms with Crippen molar-refractivity contribution in [1.82, 2.24) is 10.3 Å². The number of anilines is 1. The number of benzene rings is 1. The van der Waals surface area contributed by atoms with E-state index in [1.807, 2.05) is 0 Å². The van der Waals surface area contributed by atoms with Crippen molar-refractivity contribution in [3.8, 4) is 0 Å². The molecule has 0 aliphatic carbocycles. The summed E-state index contributed by atoms with van der Waals surface area (Å²) in [7, 11) is 2.08. The van der Waals surface area contributed by atoms with Gasteiger partial charge in [0, 0.05) is 31.4 Å². The first-order chi connectivity index (χ1) is 9.74. The van der Waals surface area contributed by atoms with Gasteiger partial charge in [-0.05, 0) is 19.0 Å². The minimum Gasteiger partial charge on any atom is -0.351 e. The monoisotopic (exact) mass is 289 g/mol. The van der Waals surface area contributed by atoms with E-state index in [9.17, 15) is 0 Å². The number of rotatable bonds is 7. The molecule has 0 fully saturated rings. The summed E-state index contributed by atoms with van der Waals surface area (Å²) in [6.45, 7) is 6.24. The van der Waals surface area contributed by atoms with E-state index in [0.29, 0.717) is 6.04 Å². The van der Waals surface area contributed by atoms with Crippen LogP contribution in [0.5, 0.6) is 0 Å². The largest absolute Gasteiger partial charge is 0.351 e. The first-order valence-electron chi connectivity index (χ1n) is 7.18. The summed E-state index contributed by atoms with van der Waals surface area (Å²) < 4.78 is 0. The molecule has 3 nitrogen and oxygen atoms in total. The van der Waals surface area contributed by atoms with Gasteiger partial charge in [-0.3, -0.25) is 0 Å². The van der Waals surface area contributed by atoms with Crippen molar-refractivity contribution in [2.45, 2.75) is 26.3 Å². The van der Waals surface area contributed by atoms with Crippen LogP contribution in [0.3, 0.4) is 0 Å². The van der Waals surface area contributed by atoms with Crippen LogP contribution >= 0.6 is 11.3 Å². The van der Waals surface area contributed by atoms with Crippen molar-refractivity contribution in [3.05, 3.63) is 47.0 Å². The van der Waals surface area contributed by atoms with E-state index in [-0.39, 0.29) is 0 Å². The Bertz CT molecular complexity index is 509. The maximum atomic E-state index is 4.73. The lowest BCUT2D eigenvalue weighted by molar-refractivity contribution is 0.545. The van der Waals surface area contributed by atoms with Crippen molar-refractivity contribution < 1.29 is 0 Å². The molecule has 0 radical (unpaired) electrons. The fourth-order valence-corrected chi connectivity index (χ4v) is 3.02. The number of likely N-dealkylation sites (N-methyl/N-ethyl adjacent to an activating group) is 1. The fraction of sp³-hybridized carbons (Fsp3) is 0.438. The highest BCUT2D eigenvalue weighted by atomic mass is 32.1. The third kappa shape index (κ3) is 3.81. The van der Waals surface area contributed by atoms with Gasteiger partial charge in [-0.1, -0.05) is 37.3 Å². The molecular weight excluding hydrogens is 266 g/mol. The number of aromatic nitrogens is 1. The summed E-state index contributed by atoms with van der Waals surface area (Å²) in [5.74, 6) is 0. The Morgan fingerprint density at radius 1 is 1.25 bits per heavy atom. The van der Waals surface area contributed by atoms with Gasteiger partial charge in [0.25, 0.3) is 0 Å². The Morgan fingerprint density at radius 2 is 2.00 bits per heavy atom. The van der Waals surface area contributed by atoms with Crippen LogP contribution in [-0.2, 0) is 6.42 Å². The fourth-order valence-electron chi connectivity index (χ4n) is 2.15.